The number of unbranched alkanes of at least 4 members (excludes halogenated alkanes) is 1. The standard InChI is InChI=1S/C25H23ClF3N3O5S/c1-2-3-12-32(19-9-5-4-6-10-19)38(35,36)20-11-7-8-17(13-20)24(34)37-16-22(33)31-23-21(26)14-18(15-30-23)25(27,28)29/h4-11,13-15H,2-3,12,16H2,1H3,(H,30,31,33). The highest BCUT2D eigenvalue weighted by molar-refractivity contribution is 7.92. The van der Waals surface area contributed by atoms with Crippen LogP contribution in [0, 0.1) is 0 Å². The number of nitrogens with zero attached hydrogens (tertiary/aromatic N) is 2. The average Bonchev–Trinajstić information content (AvgIpc) is 2.88. The lowest BCUT2D eigenvalue weighted by Crippen LogP contribution is -2.32. The second kappa shape index (κ2) is 12.3. The third-order valence-electron chi connectivity index (χ3n) is 5.18. The van der Waals surface area contributed by atoms with Crippen molar-refractivity contribution in [3.05, 3.63) is 83.0 Å². The molecule has 0 unspecified atom stereocenters. The van der Waals surface area contributed by atoms with Crippen molar-refractivity contribution >= 4 is 45.0 Å². The number of halogens is 4. The molecule has 202 valence electrons. The molecule has 0 aliphatic heterocycles. The van der Waals surface area contributed by atoms with Crippen LogP contribution in [0.25, 0.3) is 0 Å². The van der Waals surface area contributed by atoms with E-state index in [9.17, 15) is 31.2 Å². The smallest absolute Gasteiger partial charge is 0.417 e. The number of esters is 1. The van der Waals surface area contributed by atoms with Crippen molar-refractivity contribution in [2.24, 2.45) is 0 Å². The lowest BCUT2D eigenvalue weighted by Gasteiger charge is -2.24. The minimum Gasteiger partial charge on any atom is -0.452 e. The van der Waals surface area contributed by atoms with Crippen molar-refractivity contribution in [3.63, 3.8) is 0 Å². The first-order valence-electron chi connectivity index (χ1n) is 11.3. The van der Waals surface area contributed by atoms with Crippen molar-refractivity contribution in [2.75, 3.05) is 22.8 Å². The topological polar surface area (TPSA) is 106 Å². The number of para-hydroxylation sites is 1. The second-order valence-corrected chi connectivity index (χ2v) is 10.2. The van der Waals surface area contributed by atoms with E-state index in [1.165, 1.54) is 22.5 Å². The number of carbonyl (C=O) groups is 2. The normalized spacial score (nSPS) is 11.6. The molecule has 3 aromatic rings. The molecule has 0 saturated heterocycles. The summed E-state index contributed by atoms with van der Waals surface area (Å²) in [5.74, 6) is -2.24. The van der Waals surface area contributed by atoms with Crippen molar-refractivity contribution in [3.8, 4) is 0 Å². The third-order valence-corrected chi connectivity index (χ3v) is 7.29. The Kier molecular flexibility index (Phi) is 9.34. The maximum Gasteiger partial charge on any atom is 0.417 e. The Morgan fingerprint density at radius 3 is 2.42 bits per heavy atom. The van der Waals surface area contributed by atoms with Crippen LogP contribution in [0.5, 0.6) is 0 Å². The number of rotatable bonds is 10. The minimum absolute atomic E-state index is 0.118. The summed E-state index contributed by atoms with van der Waals surface area (Å²) < 4.78 is 71.3. The molecule has 13 heteroatoms. The van der Waals surface area contributed by atoms with Crippen LogP contribution < -0.4 is 9.62 Å². The lowest BCUT2D eigenvalue weighted by atomic mass is 10.2. The Balaban J connectivity index is 1.71. The van der Waals surface area contributed by atoms with Gasteiger partial charge in [-0.1, -0.05) is 49.2 Å². The van der Waals surface area contributed by atoms with E-state index in [0.29, 0.717) is 24.4 Å². The molecule has 0 radical (unpaired) electrons. The number of alkyl halides is 3. The Morgan fingerprint density at radius 1 is 1.08 bits per heavy atom. The van der Waals surface area contributed by atoms with Crippen LogP contribution in [-0.4, -0.2) is 38.4 Å². The van der Waals surface area contributed by atoms with Gasteiger partial charge in [0.2, 0.25) is 0 Å². The van der Waals surface area contributed by atoms with Gasteiger partial charge in [0, 0.05) is 12.7 Å². The third kappa shape index (κ3) is 7.23. The molecule has 1 amide bonds. The molecule has 3 rings (SSSR count). The van der Waals surface area contributed by atoms with E-state index in [0.717, 1.165) is 12.5 Å². The van der Waals surface area contributed by atoms with Gasteiger partial charge in [-0.3, -0.25) is 9.10 Å². The molecular weight excluding hydrogens is 547 g/mol. The molecule has 38 heavy (non-hydrogen) atoms. The fourth-order valence-corrected chi connectivity index (χ4v) is 5.03. The summed E-state index contributed by atoms with van der Waals surface area (Å²) in [5.41, 5.74) is -0.739. The number of anilines is 2. The molecule has 0 atom stereocenters. The molecule has 0 bridgehead atoms. The summed E-state index contributed by atoms with van der Waals surface area (Å²) in [6.45, 7) is 1.35. The largest absolute Gasteiger partial charge is 0.452 e. The van der Waals surface area contributed by atoms with E-state index in [4.69, 9.17) is 16.3 Å². The number of sulfonamides is 1. The zero-order valence-corrected chi connectivity index (χ0v) is 21.6. The first-order valence-corrected chi connectivity index (χ1v) is 13.1. The zero-order chi connectivity index (χ0) is 27.9. The maximum atomic E-state index is 13.4. The van der Waals surface area contributed by atoms with Crippen LogP contribution in [0.3, 0.4) is 0 Å². The van der Waals surface area contributed by atoms with E-state index < -0.39 is 45.3 Å². The molecular formula is C25H23ClF3N3O5S. The molecule has 1 N–H and O–H groups in total. The first kappa shape index (κ1) is 28.9. The van der Waals surface area contributed by atoms with E-state index >= 15 is 0 Å². The summed E-state index contributed by atoms with van der Waals surface area (Å²) in [7, 11) is -4.03. The molecule has 0 aliphatic rings. The van der Waals surface area contributed by atoms with Crippen molar-refractivity contribution < 1.29 is 35.9 Å². The number of amides is 1. The SMILES string of the molecule is CCCCN(c1ccccc1)S(=O)(=O)c1cccc(C(=O)OCC(=O)Nc2ncc(C(F)(F)F)cc2Cl)c1. The van der Waals surface area contributed by atoms with Crippen LogP contribution in [0.4, 0.5) is 24.7 Å². The summed E-state index contributed by atoms with van der Waals surface area (Å²) in [5, 5.41) is 1.70. The highest BCUT2D eigenvalue weighted by Crippen LogP contribution is 2.32. The van der Waals surface area contributed by atoms with Crippen LogP contribution in [-0.2, 0) is 25.7 Å². The molecule has 0 spiro atoms. The van der Waals surface area contributed by atoms with Gasteiger partial charge < -0.3 is 10.1 Å². The van der Waals surface area contributed by atoms with Crippen LogP contribution in [0.1, 0.15) is 35.7 Å². The van der Waals surface area contributed by atoms with Gasteiger partial charge in [0.15, 0.2) is 12.4 Å². The first-order chi connectivity index (χ1) is 17.9. The minimum atomic E-state index is -4.66. The van der Waals surface area contributed by atoms with Gasteiger partial charge >= 0.3 is 12.1 Å². The van der Waals surface area contributed by atoms with Gasteiger partial charge in [-0.2, -0.15) is 13.2 Å². The number of aromatic nitrogens is 1. The molecule has 0 saturated carbocycles. The Bertz CT molecular complexity index is 1400. The summed E-state index contributed by atoms with van der Waals surface area (Å²) >= 11 is 5.75. The van der Waals surface area contributed by atoms with Crippen molar-refractivity contribution in [1.29, 1.82) is 0 Å². The van der Waals surface area contributed by atoms with Gasteiger partial charge in [0.1, 0.15) is 0 Å². The predicted octanol–water partition coefficient (Wildman–Crippen LogP) is 5.54. The molecule has 1 heterocycles. The number of benzene rings is 2. The number of pyridine rings is 1. The van der Waals surface area contributed by atoms with Crippen molar-refractivity contribution in [1.82, 2.24) is 4.98 Å². The molecule has 0 fully saturated rings. The number of nitrogens with one attached hydrogen (secondary N) is 1. The fraction of sp³-hybridized carbons (Fsp3) is 0.240. The molecule has 2 aromatic carbocycles. The van der Waals surface area contributed by atoms with E-state index in [1.807, 2.05) is 6.92 Å². The highest BCUT2D eigenvalue weighted by atomic mass is 35.5. The average molecular weight is 570 g/mol. The fourth-order valence-electron chi connectivity index (χ4n) is 3.26. The van der Waals surface area contributed by atoms with Crippen LogP contribution in [0.15, 0.2) is 71.8 Å². The van der Waals surface area contributed by atoms with Gasteiger partial charge in [0.25, 0.3) is 15.9 Å². The van der Waals surface area contributed by atoms with E-state index in [2.05, 4.69) is 10.3 Å². The Labute approximate surface area is 222 Å². The summed E-state index contributed by atoms with van der Waals surface area (Å²) in [6.07, 6.45) is -2.78. The van der Waals surface area contributed by atoms with Gasteiger partial charge in [-0.05, 0) is 42.8 Å². The monoisotopic (exact) mass is 569 g/mol. The maximum absolute atomic E-state index is 13.4. The number of carbonyl (C=O) groups excluding carboxylic acids is 2. The van der Waals surface area contributed by atoms with E-state index in [1.54, 1.807) is 30.3 Å². The zero-order valence-electron chi connectivity index (χ0n) is 20.0. The number of hydrogen-bond donors (Lipinski definition) is 1. The second-order valence-electron chi connectivity index (χ2n) is 7.97. The summed E-state index contributed by atoms with van der Waals surface area (Å²) in [6, 6.07) is 14.3. The predicted molar refractivity (Wildman–Crippen MR) is 135 cm³/mol. The van der Waals surface area contributed by atoms with Gasteiger partial charge in [0.05, 0.1) is 26.7 Å². The van der Waals surface area contributed by atoms with Gasteiger partial charge in [-0.25, -0.2) is 18.2 Å². The van der Waals surface area contributed by atoms with Crippen molar-refractivity contribution in [2.45, 2.75) is 30.8 Å². The Morgan fingerprint density at radius 2 is 1.79 bits per heavy atom. The van der Waals surface area contributed by atoms with Gasteiger partial charge in [-0.15, -0.1) is 0 Å². The molecule has 8 nitrogen and oxygen atoms in total. The lowest BCUT2D eigenvalue weighted by molar-refractivity contribution is -0.137. The number of hydrogen-bond acceptors (Lipinski definition) is 6. The van der Waals surface area contributed by atoms with E-state index in [-0.39, 0.29) is 22.8 Å². The van der Waals surface area contributed by atoms with Crippen LogP contribution in [0.2, 0.25) is 5.02 Å². The Hall–Kier alpha value is -3.64. The van der Waals surface area contributed by atoms with Crippen LogP contribution >= 0.6 is 11.6 Å². The quantitative estimate of drug-likeness (QED) is 0.321. The molecule has 1 aromatic heterocycles. The molecule has 0 aliphatic carbocycles. The summed E-state index contributed by atoms with van der Waals surface area (Å²) in [4.78, 5) is 28.0. The highest BCUT2D eigenvalue weighted by Gasteiger charge is 2.32. The number of ether oxygens (including phenoxy) is 1.